The molecule has 0 spiro atoms. The van der Waals surface area contributed by atoms with E-state index in [1.165, 1.54) is 0 Å². The smallest absolute Gasteiger partial charge is 0.396 e. The van der Waals surface area contributed by atoms with Crippen LogP contribution in [0.25, 0.3) is 0 Å². The first-order valence-electron chi connectivity index (χ1n) is 3.54. The maximum atomic E-state index is 12.3. The number of anilines is 1. The van der Waals surface area contributed by atoms with Crippen LogP contribution in [0.1, 0.15) is 17.7 Å². The summed E-state index contributed by atoms with van der Waals surface area (Å²) in [6.07, 6.45) is -7.86. The number of nitrogens with two attached hydrogens (primary N) is 1. The van der Waals surface area contributed by atoms with Gasteiger partial charge in [0.2, 0.25) is 0 Å². The number of nitrogen functional groups attached to an aromatic ring is 1. The van der Waals surface area contributed by atoms with Crippen LogP contribution in [-0.4, -0.2) is 4.98 Å². The van der Waals surface area contributed by atoms with E-state index in [0.29, 0.717) is 0 Å². The van der Waals surface area contributed by atoms with E-state index in [4.69, 9.17) is 5.73 Å². The Morgan fingerprint density at radius 1 is 1.33 bits per heavy atom. The molecule has 8 heteroatoms. The number of rotatable bonds is 1. The molecule has 0 aliphatic heterocycles. The Kier molecular flexibility index (Phi) is 3.17. The number of halogens is 6. The van der Waals surface area contributed by atoms with E-state index < -0.39 is 34.1 Å². The van der Waals surface area contributed by atoms with Crippen molar-refractivity contribution in [2.45, 2.75) is 12.6 Å². The van der Waals surface area contributed by atoms with Gasteiger partial charge in [0.15, 0.2) is 0 Å². The second-order valence-electron chi connectivity index (χ2n) is 2.60. The Balaban J connectivity index is 3.36. The second-order valence-corrected chi connectivity index (χ2v) is 3.35. The Bertz CT molecular complexity index is 376. The van der Waals surface area contributed by atoms with Crippen LogP contribution in [0.4, 0.5) is 27.6 Å². The van der Waals surface area contributed by atoms with Gasteiger partial charge < -0.3 is 5.73 Å². The largest absolute Gasteiger partial charge is 0.433 e. The molecular formula is C7H4BrF5N2. The molecule has 1 heterocycles. The topological polar surface area (TPSA) is 38.9 Å². The van der Waals surface area contributed by atoms with E-state index in [0.717, 1.165) is 0 Å². The van der Waals surface area contributed by atoms with Crippen LogP contribution in [0.3, 0.4) is 0 Å². The minimum atomic E-state index is -4.78. The van der Waals surface area contributed by atoms with Gasteiger partial charge in [0.1, 0.15) is 10.3 Å². The monoisotopic (exact) mass is 290 g/mol. The molecule has 0 aliphatic rings. The highest BCUT2D eigenvalue weighted by molar-refractivity contribution is 9.10. The van der Waals surface area contributed by atoms with Gasteiger partial charge in [-0.3, -0.25) is 0 Å². The molecule has 0 aliphatic carbocycles. The summed E-state index contributed by atoms with van der Waals surface area (Å²) in [6.45, 7) is 0. The van der Waals surface area contributed by atoms with Gasteiger partial charge in [-0.15, -0.1) is 0 Å². The predicted octanol–water partition coefficient (Wildman–Crippen LogP) is 3.38. The Hall–Kier alpha value is -0.920. The van der Waals surface area contributed by atoms with Gasteiger partial charge >= 0.3 is 6.18 Å². The molecule has 0 unspecified atom stereocenters. The van der Waals surface area contributed by atoms with E-state index in [1.807, 2.05) is 0 Å². The predicted molar refractivity (Wildman–Crippen MR) is 46.3 cm³/mol. The summed E-state index contributed by atoms with van der Waals surface area (Å²) in [5.74, 6) is 0. The van der Waals surface area contributed by atoms with E-state index in [1.54, 1.807) is 0 Å². The number of alkyl halides is 5. The van der Waals surface area contributed by atoms with Crippen LogP contribution in [0.2, 0.25) is 0 Å². The lowest BCUT2D eigenvalue weighted by Gasteiger charge is -2.11. The molecule has 0 amide bonds. The third-order valence-corrected chi connectivity index (χ3v) is 2.17. The van der Waals surface area contributed by atoms with Gasteiger partial charge in [0, 0.05) is 5.56 Å². The lowest BCUT2D eigenvalue weighted by Crippen LogP contribution is -2.11. The molecule has 1 aromatic heterocycles. The number of hydrogen-bond donors (Lipinski definition) is 1. The number of hydrogen-bond acceptors (Lipinski definition) is 2. The van der Waals surface area contributed by atoms with Gasteiger partial charge in [-0.1, -0.05) is 0 Å². The van der Waals surface area contributed by atoms with Crippen LogP contribution in [0.5, 0.6) is 0 Å². The molecule has 84 valence electrons. The zero-order valence-electron chi connectivity index (χ0n) is 6.95. The van der Waals surface area contributed by atoms with E-state index in [2.05, 4.69) is 20.9 Å². The second kappa shape index (κ2) is 3.92. The van der Waals surface area contributed by atoms with Crippen LogP contribution >= 0.6 is 15.9 Å². The highest BCUT2D eigenvalue weighted by Crippen LogP contribution is 2.36. The molecule has 0 fully saturated rings. The first-order chi connectivity index (χ1) is 6.73. The summed E-state index contributed by atoms with van der Waals surface area (Å²) >= 11 is 2.59. The van der Waals surface area contributed by atoms with Crippen molar-refractivity contribution in [3.8, 4) is 0 Å². The first kappa shape index (κ1) is 12.2. The van der Waals surface area contributed by atoms with Crippen molar-refractivity contribution in [3.63, 3.8) is 0 Å². The maximum absolute atomic E-state index is 12.3. The molecule has 0 aromatic carbocycles. The minimum Gasteiger partial charge on any atom is -0.396 e. The van der Waals surface area contributed by atoms with Gasteiger partial charge in [0.05, 0.1) is 5.69 Å². The SMILES string of the molecule is Nc1c(C(F)F)cc(C(F)(F)F)nc1Br. The van der Waals surface area contributed by atoms with Crippen molar-refractivity contribution in [1.82, 2.24) is 4.98 Å². The standard InChI is InChI=1S/C7H4BrF5N2/c8-5-4(14)2(6(9)10)1-3(15-5)7(11,12)13/h1,6H,14H2. The van der Waals surface area contributed by atoms with Crippen LogP contribution in [0.15, 0.2) is 10.7 Å². The Labute approximate surface area is 89.4 Å². The maximum Gasteiger partial charge on any atom is 0.433 e. The fraction of sp³-hybridized carbons (Fsp3) is 0.286. The van der Waals surface area contributed by atoms with Crippen molar-refractivity contribution >= 4 is 21.6 Å². The van der Waals surface area contributed by atoms with E-state index in [9.17, 15) is 22.0 Å². The zero-order valence-corrected chi connectivity index (χ0v) is 8.53. The minimum absolute atomic E-state index is 0.241. The quantitative estimate of drug-likeness (QED) is 0.636. The zero-order chi connectivity index (χ0) is 11.8. The summed E-state index contributed by atoms with van der Waals surface area (Å²) in [6, 6.07) is 0.241. The lowest BCUT2D eigenvalue weighted by atomic mass is 10.2. The van der Waals surface area contributed by atoms with Gasteiger partial charge in [-0.05, 0) is 22.0 Å². The molecule has 0 saturated carbocycles. The van der Waals surface area contributed by atoms with E-state index >= 15 is 0 Å². The Morgan fingerprint density at radius 3 is 2.27 bits per heavy atom. The Morgan fingerprint density at radius 2 is 1.87 bits per heavy atom. The fourth-order valence-corrected chi connectivity index (χ4v) is 1.29. The molecule has 2 nitrogen and oxygen atoms in total. The molecule has 0 saturated heterocycles. The van der Waals surface area contributed by atoms with Gasteiger partial charge in [-0.25, -0.2) is 13.8 Å². The average Bonchev–Trinajstić information content (AvgIpc) is 2.06. The lowest BCUT2D eigenvalue weighted by molar-refractivity contribution is -0.141. The van der Waals surface area contributed by atoms with Crippen molar-refractivity contribution in [3.05, 3.63) is 21.9 Å². The normalized spacial score (nSPS) is 12.2. The van der Waals surface area contributed by atoms with Crippen molar-refractivity contribution in [2.24, 2.45) is 0 Å². The summed E-state index contributed by atoms with van der Waals surface area (Å²) < 4.78 is 60.6. The van der Waals surface area contributed by atoms with Crippen molar-refractivity contribution in [1.29, 1.82) is 0 Å². The molecule has 15 heavy (non-hydrogen) atoms. The average molecular weight is 291 g/mol. The number of pyridine rings is 1. The molecule has 0 bridgehead atoms. The van der Waals surface area contributed by atoms with Crippen LogP contribution in [0, 0.1) is 0 Å². The highest BCUT2D eigenvalue weighted by Gasteiger charge is 2.34. The molecule has 1 rings (SSSR count). The molecule has 0 radical (unpaired) electrons. The third-order valence-electron chi connectivity index (χ3n) is 1.57. The molecular weight excluding hydrogens is 287 g/mol. The summed E-state index contributed by atoms with van der Waals surface area (Å²) in [7, 11) is 0. The van der Waals surface area contributed by atoms with Gasteiger partial charge in [-0.2, -0.15) is 13.2 Å². The van der Waals surface area contributed by atoms with E-state index in [-0.39, 0.29) is 6.07 Å². The molecule has 2 N–H and O–H groups in total. The molecule has 1 aromatic rings. The number of aromatic nitrogens is 1. The molecule has 0 atom stereocenters. The van der Waals surface area contributed by atoms with Crippen molar-refractivity contribution in [2.75, 3.05) is 5.73 Å². The highest BCUT2D eigenvalue weighted by atomic mass is 79.9. The summed E-state index contributed by atoms with van der Waals surface area (Å²) in [4.78, 5) is 3.02. The van der Waals surface area contributed by atoms with Crippen LogP contribution < -0.4 is 5.73 Å². The fourth-order valence-electron chi connectivity index (χ4n) is 0.868. The summed E-state index contributed by atoms with van der Waals surface area (Å²) in [5, 5.41) is 0. The number of nitrogens with zero attached hydrogens (tertiary/aromatic N) is 1. The third kappa shape index (κ3) is 2.55. The van der Waals surface area contributed by atoms with Gasteiger partial charge in [0.25, 0.3) is 6.43 Å². The first-order valence-corrected chi connectivity index (χ1v) is 4.34. The van der Waals surface area contributed by atoms with Crippen LogP contribution in [-0.2, 0) is 6.18 Å². The van der Waals surface area contributed by atoms with Crippen molar-refractivity contribution < 1.29 is 22.0 Å². The summed E-state index contributed by atoms with van der Waals surface area (Å²) in [5.41, 5.74) is 2.36.